The number of thioether (sulfide) groups is 1. The van der Waals surface area contributed by atoms with Crippen LogP contribution in [0.1, 0.15) is 5.56 Å². The normalized spacial score (nSPS) is 17.9. The van der Waals surface area contributed by atoms with E-state index in [0.29, 0.717) is 11.6 Å². The summed E-state index contributed by atoms with van der Waals surface area (Å²) in [6.07, 6.45) is 2.02. The Labute approximate surface area is 150 Å². The first-order valence-electron chi connectivity index (χ1n) is 7.15. The lowest BCUT2D eigenvalue weighted by molar-refractivity contribution is 0.598. The summed E-state index contributed by atoms with van der Waals surface area (Å²) in [6, 6.07) is 14.0. The maximum absolute atomic E-state index is 11.4. The van der Waals surface area contributed by atoms with Crippen LogP contribution in [0.25, 0.3) is 0 Å². The molecule has 0 amide bonds. The zero-order valence-electron chi connectivity index (χ0n) is 12.9. The van der Waals surface area contributed by atoms with Crippen LogP contribution in [0.15, 0.2) is 58.4 Å². The number of primary sulfonamides is 1. The van der Waals surface area contributed by atoms with Gasteiger partial charge in [-0.05, 0) is 54.8 Å². The fourth-order valence-corrected chi connectivity index (χ4v) is 3.63. The van der Waals surface area contributed by atoms with Crippen LogP contribution in [-0.4, -0.2) is 32.4 Å². The van der Waals surface area contributed by atoms with Gasteiger partial charge in [-0.2, -0.15) is 0 Å². The highest BCUT2D eigenvalue weighted by atomic mass is 35.5. The number of aliphatic imine (C=N–C) groups is 1. The first kappa shape index (κ1) is 17.3. The van der Waals surface area contributed by atoms with E-state index in [2.05, 4.69) is 4.90 Å². The number of anilines is 1. The summed E-state index contributed by atoms with van der Waals surface area (Å²) in [6.45, 7) is 0.716. The Morgan fingerprint density at radius 3 is 2.33 bits per heavy atom. The van der Waals surface area contributed by atoms with Gasteiger partial charge in [0, 0.05) is 16.3 Å². The van der Waals surface area contributed by atoms with Gasteiger partial charge in [-0.1, -0.05) is 11.6 Å². The Morgan fingerprint density at radius 2 is 1.79 bits per heavy atom. The summed E-state index contributed by atoms with van der Waals surface area (Å²) >= 11 is 7.63. The molecule has 2 aromatic rings. The van der Waals surface area contributed by atoms with Gasteiger partial charge in [0.2, 0.25) is 10.0 Å². The molecular formula is C16H16ClN3O2S2. The van der Waals surface area contributed by atoms with Gasteiger partial charge in [0.05, 0.1) is 11.4 Å². The Hall–Kier alpha value is -1.54. The number of halogens is 1. The molecule has 5 nitrogen and oxygen atoms in total. The van der Waals surface area contributed by atoms with Crippen LogP contribution >= 0.6 is 23.4 Å². The van der Waals surface area contributed by atoms with Crippen molar-refractivity contribution in [1.82, 2.24) is 0 Å². The highest BCUT2D eigenvalue weighted by Crippen LogP contribution is 2.28. The first-order valence-corrected chi connectivity index (χ1v) is 10.4. The molecule has 1 aliphatic rings. The van der Waals surface area contributed by atoms with E-state index in [9.17, 15) is 8.42 Å². The molecule has 0 aliphatic carbocycles. The number of nitrogens with two attached hydrogens (primary N) is 1. The number of hydrogen-bond donors (Lipinski definition) is 1. The van der Waals surface area contributed by atoms with E-state index in [0.717, 1.165) is 17.1 Å². The maximum Gasteiger partial charge on any atom is 0.238 e. The zero-order valence-corrected chi connectivity index (χ0v) is 15.3. The lowest BCUT2D eigenvalue weighted by Crippen LogP contribution is -2.29. The molecule has 2 aromatic carbocycles. The van der Waals surface area contributed by atoms with Gasteiger partial charge in [0.1, 0.15) is 11.2 Å². The van der Waals surface area contributed by atoms with Crippen molar-refractivity contribution < 1.29 is 8.42 Å². The lowest BCUT2D eigenvalue weighted by Gasteiger charge is -2.21. The molecule has 0 bridgehead atoms. The Balaban J connectivity index is 1.96. The lowest BCUT2D eigenvalue weighted by atomic mass is 10.2. The Bertz CT molecular complexity index is 865. The van der Waals surface area contributed by atoms with Crippen LogP contribution in [0.5, 0.6) is 0 Å². The molecule has 0 saturated carbocycles. The Morgan fingerprint density at radius 1 is 1.17 bits per heavy atom. The molecule has 3 rings (SSSR count). The topological polar surface area (TPSA) is 75.8 Å². The predicted octanol–water partition coefficient (Wildman–Crippen LogP) is 2.94. The quantitative estimate of drug-likeness (QED) is 0.883. The van der Waals surface area contributed by atoms with Gasteiger partial charge in [-0.15, -0.1) is 11.8 Å². The van der Waals surface area contributed by atoms with Crippen LogP contribution in [0.2, 0.25) is 5.02 Å². The highest BCUT2D eigenvalue weighted by molar-refractivity contribution is 7.99. The molecular weight excluding hydrogens is 366 g/mol. The van der Waals surface area contributed by atoms with Gasteiger partial charge < -0.3 is 4.90 Å². The SMILES string of the molecule is CSC1CN(c2ccc(S(N)(=O)=O)cc2)C(c2ccc(Cl)cc2)=N1. The third-order valence-electron chi connectivity index (χ3n) is 3.71. The van der Waals surface area contributed by atoms with E-state index in [1.807, 2.05) is 30.5 Å². The fraction of sp³-hybridized carbons (Fsp3) is 0.188. The molecule has 1 atom stereocenters. The monoisotopic (exact) mass is 381 g/mol. The van der Waals surface area contributed by atoms with Crippen LogP contribution in [0, 0.1) is 0 Å². The maximum atomic E-state index is 11.4. The zero-order chi connectivity index (χ0) is 17.3. The van der Waals surface area contributed by atoms with Gasteiger partial charge in [-0.3, -0.25) is 4.99 Å². The molecule has 1 aliphatic heterocycles. The van der Waals surface area contributed by atoms with Gasteiger partial charge in [0.15, 0.2) is 0 Å². The fourth-order valence-electron chi connectivity index (χ4n) is 2.49. The van der Waals surface area contributed by atoms with Crippen LogP contribution in [0.3, 0.4) is 0 Å². The van der Waals surface area contributed by atoms with Crippen molar-refractivity contribution in [3.05, 3.63) is 59.1 Å². The number of sulfonamides is 1. The van der Waals surface area contributed by atoms with Gasteiger partial charge in [0.25, 0.3) is 0 Å². The first-order chi connectivity index (χ1) is 11.4. The molecule has 8 heteroatoms. The van der Waals surface area contributed by atoms with Crippen LogP contribution in [0.4, 0.5) is 5.69 Å². The van der Waals surface area contributed by atoms with Crippen molar-refractivity contribution in [2.24, 2.45) is 10.1 Å². The molecule has 1 heterocycles. The van der Waals surface area contributed by atoms with Crippen molar-refractivity contribution in [3.63, 3.8) is 0 Å². The smallest absolute Gasteiger partial charge is 0.238 e. The second kappa shape index (κ2) is 6.76. The summed E-state index contributed by atoms with van der Waals surface area (Å²) < 4.78 is 22.8. The average Bonchev–Trinajstić information content (AvgIpc) is 2.99. The van der Waals surface area contributed by atoms with E-state index in [4.69, 9.17) is 21.7 Å². The van der Waals surface area contributed by atoms with Crippen molar-refractivity contribution >= 4 is 44.9 Å². The largest absolute Gasteiger partial charge is 0.323 e. The number of amidine groups is 1. The molecule has 0 radical (unpaired) electrons. The van der Waals surface area contributed by atoms with Gasteiger partial charge in [-0.25, -0.2) is 13.6 Å². The van der Waals surface area contributed by atoms with Crippen LogP contribution in [-0.2, 0) is 10.0 Å². The van der Waals surface area contributed by atoms with E-state index in [1.165, 1.54) is 12.1 Å². The molecule has 2 N–H and O–H groups in total. The third kappa shape index (κ3) is 3.59. The summed E-state index contributed by atoms with van der Waals surface area (Å²) in [5.74, 6) is 0.842. The Kier molecular flexibility index (Phi) is 4.87. The van der Waals surface area contributed by atoms with E-state index in [1.54, 1.807) is 23.9 Å². The molecule has 126 valence electrons. The molecule has 24 heavy (non-hydrogen) atoms. The van der Waals surface area contributed by atoms with E-state index >= 15 is 0 Å². The molecule has 1 unspecified atom stereocenters. The third-order valence-corrected chi connectivity index (χ3v) is 5.69. The minimum absolute atomic E-state index is 0.0943. The second-order valence-electron chi connectivity index (χ2n) is 5.30. The van der Waals surface area contributed by atoms with Crippen molar-refractivity contribution in [3.8, 4) is 0 Å². The second-order valence-corrected chi connectivity index (χ2v) is 8.31. The standard InChI is InChI=1S/C16H16ClN3O2S2/c1-23-15-10-20(13-6-8-14(9-7-13)24(18,21)22)16(19-15)11-2-4-12(17)5-3-11/h2-9,15H,10H2,1H3,(H2,18,21,22). The molecule has 0 saturated heterocycles. The van der Waals surface area contributed by atoms with E-state index < -0.39 is 10.0 Å². The van der Waals surface area contributed by atoms with E-state index in [-0.39, 0.29) is 10.3 Å². The minimum Gasteiger partial charge on any atom is -0.323 e. The molecule has 0 aromatic heterocycles. The average molecular weight is 382 g/mol. The minimum atomic E-state index is -3.70. The van der Waals surface area contributed by atoms with Crippen molar-refractivity contribution in [1.29, 1.82) is 0 Å². The molecule has 0 spiro atoms. The van der Waals surface area contributed by atoms with Crippen molar-refractivity contribution in [2.75, 3.05) is 17.7 Å². The molecule has 0 fully saturated rings. The summed E-state index contributed by atoms with van der Waals surface area (Å²) in [4.78, 5) is 6.92. The number of nitrogens with zero attached hydrogens (tertiary/aromatic N) is 2. The number of hydrogen-bond acceptors (Lipinski definition) is 5. The van der Waals surface area contributed by atoms with Crippen LogP contribution < -0.4 is 10.0 Å². The summed E-state index contributed by atoms with van der Waals surface area (Å²) in [7, 11) is -3.70. The summed E-state index contributed by atoms with van der Waals surface area (Å²) in [5.41, 5.74) is 1.83. The van der Waals surface area contributed by atoms with Crippen molar-refractivity contribution in [2.45, 2.75) is 10.3 Å². The highest BCUT2D eigenvalue weighted by Gasteiger charge is 2.27. The van der Waals surface area contributed by atoms with Gasteiger partial charge >= 0.3 is 0 Å². The summed E-state index contributed by atoms with van der Waals surface area (Å²) in [5, 5.41) is 5.94. The number of benzene rings is 2. The number of rotatable bonds is 4. The predicted molar refractivity (Wildman–Crippen MR) is 100 cm³/mol.